The molecule has 0 saturated heterocycles. The predicted molar refractivity (Wildman–Crippen MR) is 142 cm³/mol. The van der Waals surface area contributed by atoms with Crippen LogP contribution in [-0.4, -0.2) is 11.0 Å². The van der Waals surface area contributed by atoms with Crippen molar-refractivity contribution in [3.63, 3.8) is 0 Å². The summed E-state index contributed by atoms with van der Waals surface area (Å²) < 4.78 is 0. The van der Waals surface area contributed by atoms with Gasteiger partial charge in [-0.1, -0.05) is 90.2 Å². The minimum atomic E-state index is 0.571. The topological polar surface area (TPSA) is 16.1 Å². The zero-order chi connectivity index (χ0) is 22.5. The Bertz CT molecular complexity index is 1240. The molecular weight excluding hydrogens is 432 g/mol. The summed E-state index contributed by atoms with van der Waals surface area (Å²) in [5.41, 5.74) is 4.86. The molecule has 4 aromatic rings. The number of thiazole rings is 1. The highest BCUT2D eigenvalue weighted by Gasteiger charge is 2.51. The summed E-state index contributed by atoms with van der Waals surface area (Å²) in [6.07, 6.45) is 7.12. The van der Waals surface area contributed by atoms with Gasteiger partial charge in [0.1, 0.15) is 15.7 Å². The van der Waals surface area contributed by atoms with Gasteiger partial charge in [-0.3, -0.25) is 0 Å². The molecule has 0 N–H and O–H groups in total. The van der Waals surface area contributed by atoms with Gasteiger partial charge in [0.2, 0.25) is 0 Å². The summed E-state index contributed by atoms with van der Waals surface area (Å²) >= 11 is 1.87. The van der Waals surface area contributed by atoms with Gasteiger partial charge in [-0.15, -0.1) is 0 Å². The van der Waals surface area contributed by atoms with Crippen LogP contribution in [-0.2, 0) is 0 Å². The molecule has 3 aromatic carbocycles. The van der Waals surface area contributed by atoms with E-state index < -0.39 is 0 Å². The zero-order valence-corrected chi connectivity index (χ0v) is 20.2. The van der Waals surface area contributed by atoms with Crippen molar-refractivity contribution in [3.05, 3.63) is 91.0 Å². The summed E-state index contributed by atoms with van der Waals surface area (Å²) in [4.78, 5) is 8.01. The number of nitrogens with zero attached hydrogens (tertiary/aromatic N) is 2. The predicted octanol–water partition coefficient (Wildman–Crippen LogP) is 8.44. The van der Waals surface area contributed by atoms with E-state index in [0.29, 0.717) is 6.04 Å². The van der Waals surface area contributed by atoms with Crippen LogP contribution in [0.15, 0.2) is 91.0 Å². The summed E-state index contributed by atoms with van der Waals surface area (Å²) in [7, 11) is 0. The Hall–Kier alpha value is -2.91. The number of benzene rings is 3. The fraction of sp³-hybridized carbons (Fsp3) is 0.323. The van der Waals surface area contributed by atoms with Crippen molar-refractivity contribution in [1.29, 1.82) is 0 Å². The molecule has 4 bridgehead atoms. The van der Waals surface area contributed by atoms with Gasteiger partial charge in [0, 0.05) is 22.9 Å². The van der Waals surface area contributed by atoms with Crippen molar-refractivity contribution < 1.29 is 0 Å². The summed E-state index contributed by atoms with van der Waals surface area (Å²) in [6.45, 7) is 0. The van der Waals surface area contributed by atoms with Crippen molar-refractivity contribution in [2.75, 3.05) is 4.90 Å². The molecule has 0 atom stereocenters. The summed E-state index contributed by atoms with van der Waals surface area (Å²) in [5, 5.41) is 2.42. The van der Waals surface area contributed by atoms with Crippen LogP contribution in [0, 0.1) is 23.7 Å². The molecule has 0 amide bonds. The van der Waals surface area contributed by atoms with E-state index in [-0.39, 0.29) is 0 Å². The van der Waals surface area contributed by atoms with Crippen molar-refractivity contribution in [3.8, 4) is 21.8 Å². The van der Waals surface area contributed by atoms with Crippen molar-refractivity contribution in [2.45, 2.75) is 38.1 Å². The first-order chi connectivity index (χ1) is 16.8. The number of rotatable bonds is 5. The standard InChI is InChI=1S/C31H30N2S/c1-4-10-23(11-5-1)28-31(34-30(32-28)24-12-6-2-7-13-24)33(27-14-8-3-9-15-27)29-25-17-21-16-22(19-25)20-26(29)18-21/h1-15,21-22,25-26,29H,16-20H2. The third-order valence-corrected chi connectivity index (χ3v) is 9.51. The second-order valence-electron chi connectivity index (χ2n) is 10.5. The molecule has 34 heavy (non-hydrogen) atoms. The molecule has 1 aromatic heterocycles. The van der Waals surface area contributed by atoms with Crippen LogP contribution in [0.5, 0.6) is 0 Å². The highest BCUT2D eigenvalue weighted by molar-refractivity contribution is 7.19. The Balaban J connectivity index is 1.42. The molecule has 170 valence electrons. The van der Waals surface area contributed by atoms with Gasteiger partial charge in [-0.2, -0.15) is 0 Å². The van der Waals surface area contributed by atoms with E-state index in [1.54, 1.807) is 0 Å². The maximum atomic E-state index is 5.29. The van der Waals surface area contributed by atoms with E-state index in [1.807, 2.05) is 11.3 Å². The molecule has 0 spiro atoms. The van der Waals surface area contributed by atoms with Gasteiger partial charge in [-0.05, 0) is 67.9 Å². The molecule has 0 radical (unpaired) electrons. The lowest BCUT2D eigenvalue weighted by Crippen LogP contribution is -2.54. The van der Waals surface area contributed by atoms with Crippen LogP contribution < -0.4 is 4.90 Å². The molecule has 8 rings (SSSR count). The molecule has 1 heterocycles. The normalized spacial score (nSPS) is 27.1. The Labute approximate surface area is 206 Å². The van der Waals surface area contributed by atoms with Gasteiger partial charge in [-0.25, -0.2) is 4.98 Å². The second kappa shape index (κ2) is 8.39. The Morgan fingerprint density at radius 2 is 1.15 bits per heavy atom. The van der Waals surface area contributed by atoms with E-state index in [2.05, 4.69) is 95.9 Å². The van der Waals surface area contributed by atoms with E-state index in [0.717, 1.165) is 34.4 Å². The number of anilines is 2. The zero-order valence-electron chi connectivity index (χ0n) is 19.4. The molecule has 4 fully saturated rings. The first-order valence-electron chi connectivity index (χ1n) is 12.8. The quantitative estimate of drug-likeness (QED) is 0.296. The average Bonchev–Trinajstić information content (AvgIpc) is 3.32. The Morgan fingerprint density at radius 3 is 1.74 bits per heavy atom. The maximum absolute atomic E-state index is 5.29. The van der Waals surface area contributed by atoms with Gasteiger partial charge >= 0.3 is 0 Å². The summed E-state index contributed by atoms with van der Waals surface area (Å²) in [5.74, 6) is 3.52. The monoisotopic (exact) mass is 462 g/mol. The SMILES string of the molecule is c1ccc(-c2nc(-c3ccccc3)c(N(c3ccccc3)C3C4CC5CC(C4)CC3C5)s2)cc1. The molecule has 2 nitrogen and oxygen atoms in total. The molecule has 3 heteroatoms. The number of hydrogen-bond acceptors (Lipinski definition) is 3. The van der Waals surface area contributed by atoms with Crippen LogP contribution in [0.1, 0.15) is 32.1 Å². The van der Waals surface area contributed by atoms with Crippen molar-refractivity contribution in [1.82, 2.24) is 4.98 Å². The lowest BCUT2D eigenvalue weighted by Gasteiger charge is -2.57. The summed E-state index contributed by atoms with van der Waals surface area (Å²) in [6, 6.07) is 33.2. The number of hydrogen-bond donors (Lipinski definition) is 0. The van der Waals surface area contributed by atoms with Crippen LogP contribution in [0.25, 0.3) is 21.8 Å². The van der Waals surface area contributed by atoms with Crippen molar-refractivity contribution in [2.24, 2.45) is 23.7 Å². The molecule has 0 unspecified atom stereocenters. The van der Waals surface area contributed by atoms with Crippen LogP contribution in [0.4, 0.5) is 10.7 Å². The van der Waals surface area contributed by atoms with Crippen LogP contribution >= 0.6 is 11.3 Å². The van der Waals surface area contributed by atoms with E-state index in [4.69, 9.17) is 4.98 Å². The average molecular weight is 463 g/mol. The molecule has 0 aliphatic heterocycles. The molecule has 4 aliphatic rings. The Kier molecular flexibility index (Phi) is 5.05. The Morgan fingerprint density at radius 1 is 0.618 bits per heavy atom. The third-order valence-electron chi connectivity index (χ3n) is 8.41. The highest BCUT2D eigenvalue weighted by atomic mass is 32.1. The smallest absolute Gasteiger partial charge is 0.126 e. The van der Waals surface area contributed by atoms with Gasteiger partial charge in [0.25, 0.3) is 0 Å². The lowest BCUT2D eigenvalue weighted by molar-refractivity contribution is 0.000706. The van der Waals surface area contributed by atoms with Crippen LogP contribution in [0.2, 0.25) is 0 Å². The van der Waals surface area contributed by atoms with E-state index in [9.17, 15) is 0 Å². The molecular formula is C31H30N2S. The first kappa shape index (κ1) is 20.5. The molecule has 4 saturated carbocycles. The number of aromatic nitrogens is 1. The fourth-order valence-electron chi connectivity index (χ4n) is 7.30. The first-order valence-corrected chi connectivity index (χ1v) is 13.6. The maximum Gasteiger partial charge on any atom is 0.126 e. The third kappa shape index (κ3) is 3.49. The van der Waals surface area contributed by atoms with E-state index in [1.165, 1.54) is 53.9 Å². The molecule has 4 aliphatic carbocycles. The number of para-hydroxylation sites is 1. The minimum Gasteiger partial charge on any atom is -0.328 e. The minimum absolute atomic E-state index is 0.571. The van der Waals surface area contributed by atoms with E-state index >= 15 is 0 Å². The second-order valence-corrected chi connectivity index (χ2v) is 11.5. The van der Waals surface area contributed by atoms with Gasteiger partial charge in [0.05, 0.1) is 0 Å². The van der Waals surface area contributed by atoms with Gasteiger partial charge < -0.3 is 4.90 Å². The van der Waals surface area contributed by atoms with Crippen molar-refractivity contribution >= 4 is 22.0 Å². The largest absolute Gasteiger partial charge is 0.328 e. The highest BCUT2D eigenvalue weighted by Crippen LogP contribution is 2.58. The van der Waals surface area contributed by atoms with Crippen LogP contribution in [0.3, 0.4) is 0 Å². The fourth-order valence-corrected chi connectivity index (χ4v) is 8.45. The van der Waals surface area contributed by atoms with Gasteiger partial charge in [0.15, 0.2) is 0 Å². The lowest BCUT2D eigenvalue weighted by atomic mass is 9.54.